The van der Waals surface area contributed by atoms with Gasteiger partial charge in [0.15, 0.2) is 0 Å². The molecule has 2 bridgehead atoms. The van der Waals surface area contributed by atoms with Crippen molar-refractivity contribution in [2.45, 2.75) is 81.8 Å². The van der Waals surface area contributed by atoms with Crippen LogP contribution in [0.15, 0.2) is 73.8 Å². The van der Waals surface area contributed by atoms with E-state index in [2.05, 4.69) is 38.8 Å². The van der Waals surface area contributed by atoms with Gasteiger partial charge in [-0.1, -0.05) is 25.0 Å². The molecule has 3 fully saturated rings. The molecule has 0 aromatic heterocycles. The van der Waals surface area contributed by atoms with Gasteiger partial charge in [0.1, 0.15) is 11.8 Å². The smallest absolute Gasteiger partial charge is 0.251 e. The number of unbranched alkanes of at least 4 members (excludes halogenated alkanes) is 3. The molecule has 1 spiro atoms. The van der Waals surface area contributed by atoms with E-state index in [4.69, 9.17) is 4.74 Å². The van der Waals surface area contributed by atoms with E-state index < -0.39 is 27.4 Å². The summed E-state index contributed by atoms with van der Waals surface area (Å²) in [5.74, 6) is -0.860. The van der Waals surface area contributed by atoms with Crippen LogP contribution in [-0.2, 0) is 14.4 Å². The maximum Gasteiger partial charge on any atom is 0.251 e. The van der Waals surface area contributed by atoms with Crippen LogP contribution < -0.4 is 19.4 Å². The molecule has 0 aliphatic carbocycles. The number of rotatable bonds is 19. The number of amides is 3. The molecule has 2 aromatic rings. The molecule has 3 heterocycles. The van der Waals surface area contributed by atoms with Crippen LogP contribution in [0.2, 0.25) is 0 Å². The number of thioether (sulfide) groups is 1. The summed E-state index contributed by atoms with van der Waals surface area (Å²) < 4.78 is 4.39. The molecule has 51 heavy (non-hydrogen) atoms. The molecule has 3 amide bonds. The van der Waals surface area contributed by atoms with Crippen molar-refractivity contribution in [2.75, 3.05) is 60.6 Å². The van der Waals surface area contributed by atoms with Crippen LogP contribution in [-0.4, -0.2) is 89.2 Å². The second-order valence-corrected chi connectivity index (χ2v) is 15.9. The molecule has 276 valence electrons. The number of carbonyl (C=O) groups excluding carboxylic acids is 3. The highest BCUT2D eigenvalue weighted by molar-refractivity contribution is 8.02. The molecule has 2 unspecified atom stereocenters. The number of aliphatic hydroxyl groups is 1. The van der Waals surface area contributed by atoms with Crippen molar-refractivity contribution in [3.63, 3.8) is 0 Å². The minimum Gasteiger partial charge on any atom is -0.494 e. The van der Waals surface area contributed by atoms with Crippen LogP contribution in [0.1, 0.15) is 66.2 Å². The molecule has 5 rings (SSSR count). The van der Waals surface area contributed by atoms with Crippen molar-refractivity contribution in [1.29, 1.82) is 0 Å². The van der Waals surface area contributed by atoms with Crippen LogP contribution in [0.4, 0.5) is 17.1 Å². The highest BCUT2D eigenvalue weighted by Crippen LogP contribution is 2.71. The monoisotopic (exact) mass is 716 g/mol. The van der Waals surface area contributed by atoms with E-state index in [-0.39, 0.29) is 24.3 Å². The zero-order valence-corrected chi connectivity index (χ0v) is 31.7. The number of benzene rings is 2. The Morgan fingerprint density at radius 2 is 1.45 bits per heavy atom. The molecule has 9 nitrogen and oxygen atoms in total. The summed E-state index contributed by atoms with van der Waals surface area (Å²) in [4.78, 5) is 52.4. The molecule has 1 N–H and O–H groups in total. The zero-order valence-electron chi connectivity index (χ0n) is 30.9. The molecule has 5 atom stereocenters. The Kier molecular flexibility index (Phi) is 12.6. The summed E-state index contributed by atoms with van der Waals surface area (Å²) in [5.41, 5.74) is 2.57. The van der Waals surface area contributed by atoms with Gasteiger partial charge in [0.25, 0.3) is 5.91 Å². The molecule has 10 heteroatoms. The lowest BCUT2D eigenvalue weighted by Crippen LogP contribution is -2.55. The Morgan fingerprint density at radius 1 is 0.882 bits per heavy atom. The quantitative estimate of drug-likeness (QED) is 0.128. The predicted molar refractivity (Wildman–Crippen MR) is 209 cm³/mol. The van der Waals surface area contributed by atoms with E-state index in [1.807, 2.05) is 55.5 Å². The van der Waals surface area contributed by atoms with E-state index >= 15 is 4.79 Å². The number of hydrogen-bond donors (Lipinski definition) is 1. The van der Waals surface area contributed by atoms with E-state index in [0.29, 0.717) is 45.5 Å². The molecule has 3 aliphatic rings. The van der Waals surface area contributed by atoms with Gasteiger partial charge in [0.2, 0.25) is 11.8 Å². The summed E-state index contributed by atoms with van der Waals surface area (Å²) in [5, 5.41) is 9.34. The van der Waals surface area contributed by atoms with Crippen LogP contribution in [0.3, 0.4) is 0 Å². The zero-order chi connectivity index (χ0) is 36.8. The average molecular weight is 717 g/mol. The highest BCUT2D eigenvalue weighted by atomic mass is 32.2. The standard InChI is InChI=1S/C41H56N4O5S/c1-7-26-43(32-20-22-33(23-21-32)50-11-5)37(47)34-35-38(48)45(28-14-12-13-15-29-46)36(41(35)25-24-40(34,6)51-41)39(49)44(27-8-2)31-18-16-30(17-19-31)42(9-3)10-4/h7-8,16-23,34-36,46H,1-2,9-15,24-29H2,3-6H3/t34-,35+,36?,40+,41?/m1/s1. The minimum absolute atomic E-state index is 0.106. The lowest BCUT2D eigenvalue weighted by molar-refractivity contribution is -0.139. The van der Waals surface area contributed by atoms with Gasteiger partial charge in [0, 0.05) is 61.1 Å². The molecule has 2 aromatic carbocycles. The Balaban J connectivity index is 1.53. The highest BCUT2D eigenvalue weighted by Gasteiger charge is 2.77. The first-order valence-corrected chi connectivity index (χ1v) is 19.5. The van der Waals surface area contributed by atoms with E-state index in [1.165, 1.54) is 0 Å². The van der Waals surface area contributed by atoms with Gasteiger partial charge < -0.3 is 29.4 Å². The van der Waals surface area contributed by atoms with Crippen LogP contribution >= 0.6 is 11.8 Å². The largest absolute Gasteiger partial charge is 0.494 e. The van der Waals surface area contributed by atoms with Gasteiger partial charge in [-0.15, -0.1) is 24.9 Å². The number of ether oxygens (including phenoxy) is 1. The van der Waals surface area contributed by atoms with Gasteiger partial charge in [-0.05, 0) is 102 Å². The number of likely N-dealkylation sites (tertiary alicyclic amines) is 1. The van der Waals surface area contributed by atoms with Gasteiger partial charge in [-0.2, -0.15) is 0 Å². The van der Waals surface area contributed by atoms with Crippen molar-refractivity contribution in [3.05, 3.63) is 73.8 Å². The van der Waals surface area contributed by atoms with E-state index in [0.717, 1.165) is 55.2 Å². The summed E-state index contributed by atoms with van der Waals surface area (Å²) in [6.45, 7) is 19.7. The SMILES string of the molecule is C=CCN(C(=O)C1N(CCCCCCO)C(=O)[C@@H]2[C@H](C(=O)N(CC=C)c3ccc(OCC)cc3)[C@]3(C)CCC12S3)c1ccc(N(CC)CC)cc1. The topological polar surface area (TPSA) is 93.6 Å². The van der Waals surface area contributed by atoms with Gasteiger partial charge in [0.05, 0.1) is 23.2 Å². The van der Waals surface area contributed by atoms with Crippen LogP contribution in [0, 0.1) is 11.8 Å². The van der Waals surface area contributed by atoms with E-state index in [9.17, 15) is 14.7 Å². The van der Waals surface area contributed by atoms with Gasteiger partial charge in [-0.25, -0.2) is 0 Å². The van der Waals surface area contributed by atoms with Crippen LogP contribution in [0.25, 0.3) is 0 Å². The summed E-state index contributed by atoms with van der Waals surface area (Å²) in [7, 11) is 0. The summed E-state index contributed by atoms with van der Waals surface area (Å²) in [6, 6.07) is 14.8. The van der Waals surface area contributed by atoms with Crippen molar-refractivity contribution < 1.29 is 24.2 Å². The minimum atomic E-state index is -0.742. The number of nitrogens with zero attached hydrogens (tertiary/aromatic N) is 4. The maximum atomic E-state index is 15.1. The normalized spacial score (nSPS) is 24.7. The van der Waals surface area contributed by atoms with Gasteiger partial charge in [-0.3, -0.25) is 14.4 Å². The first-order valence-electron chi connectivity index (χ1n) is 18.7. The Bertz CT molecular complexity index is 1550. The number of hydrogen-bond acceptors (Lipinski definition) is 7. The lowest BCUT2D eigenvalue weighted by Gasteiger charge is -2.38. The molecular weight excluding hydrogens is 661 g/mol. The van der Waals surface area contributed by atoms with Crippen molar-refractivity contribution in [2.24, 2.45) is 11.8 Å². The number of anilines is 3. The fraction of sp³-hybridized carbons (Fsp3) is 0.537. The second-order valence-electron chi connectivity index (χ2n) is 14.0. The fourth-order valence-corrected chi connectivity index (χ4v) is 11.0. The van der Waals surface area contributed by atoms with Crippen molar-refractivity contribution >= 4 is 46.5 Å². The third-order valence-corrected chi connectivity index (χ3v) is 13.0. The lowest BCUT2D eigenvalue weighted by atomic mass is 9.66. The Hall–Kier alpha value is -3.76. The average Bonchev–Trinajstić information content (AvgIpc) is 3.70. The second kappa shape index (κ2) is 16.7. The summed E-state index contributed by atoms with van der Waals surface area (Å²) in [6.07, 6.45) is 7.97. The first-order chi connectivity index (χ1) is 24.6. The summed E-state index contributed by atoms with van der Waals surface area (Å²) >= 11 is 1.69. The van der Waals surface area contributed by atoms with Crippen molar-refractivity contribution in [1.82, 2.24) is 4.90 Å². The first kappa shape index (κ1) is 38.5. The molecule has 0 radical (unpaired) electrons. The van der Waals surface area contributed by atoms with Crippen molar-refractivity contribution in [3.8, 4) is 5.75 Å². The Morgan fingerprint density at radius 3 is 2.02 bits per heavy atom. The predicted octanol–water partition coefficient (Wildman–Crippen LogP) is 6.70. The number of aliphatic hydroxyl groups excluding tert-OH is 1. The third-order valence-electron chi connectivity index (χ3n) is 11.0. The third kappa shape index (κ3) is 7.31. The molecular formula is C41H56N4O5S. The van der Waals surface area contributed by atoms with Gasteiger partial charge >= 0.3 is 0 Å². The molecule has 3 saturated heterocycles. The Labute approximate surface area is 308 Å². The van der Waals surface area contributed by atoms with Crippen LogP contribution in [0.5, 0.6) is 5.75 Å². The number of carbonyl (C=O) groups is 3. The molecule has 0 saturated carbocycles. The number of fused-ring (bicyclic) bond motifs is 1. The van der Waals surface area contributed by atoms with E-state index in [1.54, 1.807) is 38.6 Å². The fourth-order valence-electron chi connectivity index (χ4n) is 8.61. The maximum absolute atomic E-state index is 15.1. The molecule has 3 aliphatic heterocycles.